The number of Topliss-reactive ketones (excluding diaryl/α,β-unsaturated/α-hetero) is 2. The van der Waals surface area contributed by atoms with E-state index in [1.807, 2.05) is 0 Å². The van der Waals surface area contributed by atoms with E-state index in [4.69, 9.17) is 11.6 Å². The maximum atomic E-state index is 11.5. The lowest BCUT2D eigenvalue weighted by Gasteiger charge is -2.22. The van der Waals surface area contributed by atoms with Crippen LogP contribution in [-0.2, 0) is 0 Å². The summed E-state index contributed by atoms with van der Waals surface area (Å²) in [7, 11) is 0. The van der Waals surface area contributed by atoms with Crippen molar-refractivity contribution in [3.63, 3.8) is 0 Å². The molecule has 0 spiro atoms. The molecule has 1 aliphatic rings. The molecule has 1 N–H and O–H groups in total. The van der Waals surface area contributed by atoms with Crippen LogP contribution < -0.4 is 0 Å². The van der Waals surface area contributed by atoms with Crippen LogP contribution in [0.25, 0.3) is 0 Å². The third kappa shape index (κ3) is 1.17. The van der Waals surface area contributed by atoms with Gasteiger partial charge in [0.2, 0.25) is 0 Å². The summed E-state index contributed by atoms with van der Waals surface area (Å²) in [5.74, 6) is -0.880. The number of hydrogen-bond donors (Lipinski definition) is 1. The number of rotatable bonds is 0. The monoisotopic (exact) mass is 210 g/mol. The number of fused-ring (bicyclic) bond motifs is 1. The Labute approximate surface area is 85.3 Å². The molecule has 0 fully saturated rings. The largest absolute Gasteiger partial charge is 0.383 e. The van der Waals surface area contributed by atoms with Crippen LogP contribution in [0, 0.1) is 0 Å². The second-order valence-corrected chi connectivity index (χ2v) is 3.59. The zero-order valence-corrected chi connectivity index (χ0v) is 7.86. The van der Waals surface area contributed by atoms with E-state index in [0.717, 1.165) is 0 Å². The van der Waals surface area contributed by atoms with Crippen LogP contribution in [0.4, 0.5) is 0 Å². The summed E-state index contributed by atoms with van der Waals surface area (Å²) >= 11 is 5.62. The Morgan fingerprint density at radius 1 is 1.07 bits per heavy atom. The standard InChI is InChI=1S/C10H7ClO3/c11-7-8(12)5-3-1-2-4-6(5)9(13)10(7)14/h1-4,7,10,14H/t7-,10+/m1/s1. The Morgan fingerprint density at radius 2 is 1.57 bits per heavy atom. The summed E-state index contributed by atoms with van der Waals surface area (Å²) in [5.41, 5.74) is 0.546. The molecule has 14 heavy (non-hydrogen) atoms. The van der Waals surface area contributed by atoms with Gasteiger partial charge in [-0.15, -0.1) is 11.6 Å². The van der Waals surface area contributed by atoms with E-state index in [0.29, 0.717) is 5.56 Å². The molecule has 0 heterocycles. The number of carbonyl (C=O) groups is 2. The van der Waals surface area contributed by atoms with E-state index in [1.165, 1.54) is 12.1 Å². The van der Waals surface area contributed by atoms with Gasteiger partial charge in [0.1, 0.15) is 11.5 Å². The van der Waals surface area contributed by atoms with Crippen LogP contribution >= 0.6 is 11.6 Å². The van der Waals surface area contributed by atoms with Gasteiger partial charge in [0.15, 0.2) is 11.6 Å². The van der Waals surface area contributed by atoms with Gasteiger partial charge in [-0.2, -0.15) is 0 Å². The molecule has 1 aromatic rings. The molecule has 2 atom stereocenters. The predicted octanol–water partition coefficient (Wildman–Crippen LogP) is 1.03. The summed E-state index contributed by atoms with van der Waals surface area (Å²) in [6.45, 7) is 0. The Kier molecular flexibility index (Phi) is 2.13. The SMILES string of the molecule is O=C1c2ccccc2C(=O)[C@@H](Cl)[C@@H]1O. The third-order valence-electron chi connectivity index (χ3n) is 2.25. The van der Waals surface area contributed by atoms with Crippen LogP contribution in [0.1, 0.15) is 20.7 Å². The first-order valence-corrected chi connectivity index (χ1v) is 4.56. The molecule has 1 aromatic carbocycles. The van der Waals surface area contributed by atoms with Gasteiger partial charge in [0, 0.05) is 11.1 Å². The van der Waals surface area contributed by atoms with E-state index in [2.05, 4.69) is 0 Å². The first kappa shape index (κ1) is 9.37. The molecule has 72 valence electrons. The highest BCUT2D eigenvalue weighted by Crippen LogP contribution is 2.24. The highest BCUT2D eigenvalue weighted by Gasteiger charge is 2.38. The van der Waals surface area contributed by atoms with Crippen LogP contribution in [0.5, 0.6) is 0 Å². The number of hydrogen-bond acceptors (Lipinski definition) is 3. The van der Waals surface area contributed by atoms with Gasteiger partial charge in [0.05, 0.1) is 0 Å². The Balaban J connectivity index is 2.62. The third-order valence-corrected chi connectivity index (χ3v) is 2.69. The number of carbonyl (C=O) groups excluding carboxylic acids is 2. The Bertz CT molecular complexity index is 375. The number of halogens is 1. The van der Waals surface area contributed by atoms with Crippen molar-refractivity contribution in [1.82, 2.24) is 0 Å². The molecule has 4 heteroatoms. The minimum Gasteiger partial charge on any atom is -0.383 e. The van der Waals surface area contributed by atoms with E-state index in [9.17, 15) is 14.7 Å². The van der Waals surface area contributed by atoms with Gasteiger partial charge < -0.3 is 5.11 Å². The molecular weight excluding hydrogens is 204 g/mol. The molecule has 1 aliphatic carbocycles. The van der Waals surface area contributed by atoms with Crippen molar-refractivity contribution in [3.05, 3.63) is 35.4 Å². The van der Waals surface area contributed by atoms with E-state index < -0.39 is 23.0 Å². The van der Waals surface area contributed by atoms with Crippen LogP contribution in [0.2, 0.25) is 0 Å². The van der Waals surface area contributed by atoms with Crippen molar-refractivity contribution in [2.75, 3.05) is 0 Å². The van der Waals surface area contributed by atoms with Crippen molar-refractivity contribution in [3.8, 4) is 0 Å². The summed E-state index contributed by atoms with van der Waals surface area (Å²) in [6.07, 6.45) is -1.42. The molecule has 0 amide bonds. The van der Waals surface area contributed by atoms with Crippen LogP contribution in [0.3, 0.4) is 0 Å². The van der Waals surface area contributed by atoms with E-state index in [1.54, 1.807) is 12.1 Å². The van der Waals surface area contributed by atoms with Crippen LogP contribution in [0.15, 0.2) is 24.3 Å². The van der Waals surface area contributed by atoms with Crippen molar-refractivity contribution < 1.29 is 14.7 Å². The smallest absolute Gasteiger partial charge is 0.194 e. The zero-order valence-electron chi connectivity index (χ0n) is 7.11. The first-order chi connectivity index (χ1) is 6.63. The second kappa shape index (κ2) is 3.19. The molecule has 0 saturated carbocycles. The summed E-state index contributed by atoms with van der Waals surface area (Å²) in [5, 5.41) is 8.21. The molecule has 0 aliphatic heterocycles. The molecule has 0 bridgehead atoms. The summed E-state index contributed by atoms with van der Waals surface area (Å²) in [4.78, 5) is 23.0. The predicted molar refractivity (Wildman–Crippen MR) is 50.8 cm³/mol. The lowest BCUT2D eigenvalue weighted by Crippen LogP contribution is -2.41. The molecule has 2 rings (SSSR count). The Morgan fingerprint density at radius 3 is 2.14 bits per heavy atom. The lowest BCUT2D eigenvalue weighted by molar-refractivity contribution is 0.0662. The number of alkyl halides is 1. The van der Waals surface area contributed by atoms with Gasteiger partial charge in [-0.05, 0) is 0 Å². The average Bonchev–Trinajstić information content (AvgIpc) is 2.23. The van der Waals surface area contributed by atoms with Crippen molar-refractivity contribution in [2.45, 2.75) is 11.5 Å². The van der Waals surface area contributed by atoms with Gasteiger partial charge in [-0.25, -0.2) is 0 Å². The quantitative estimate of drug-likeness (QED) is 0.651. The normalized spacial score (nSPS) is 26.1. The van der Waals surface area contributed by atoms with Gasteiger partial charge in [-0.3, -0.25) is 9.59 Å². The fraction of sp³-hybridized carbons (Fsp3) is 0.200. The zero-order chi connectivity index (χ0) is 10.3. The summed E-state index contributed by atoms with van der Waals surface area (Å²) in [6, 6.07) is 6.36. The van der Waals surface area contributed by atoms with Crippen LogP contribution in [-0.4, -0.2) is 28.2 Å². The van der Waals surface area contributed by atoms with E-state index >= 15 is 0 Å². The lowest BCUT2D eigenvalue weighted by atomic mass is 9.87. The number of ketones is 2. The number of benzene rings is 1. The number of aliphatic hydroxyl groups is 1. The van der Waals surface area contributed by atoms with Gasteiger partial charge >= 0.3 is 0 Å². The van der Waals surface area contributed by atoms with E-state index in [-0.39, 0.29) is 5.56 Å². The molecular formula is C10H7ClO3. The Hall–Kier alpha value is -1.19. The van der Waals surface area contributed by atoms with Crippen molar-refractivity contribution >= 4 is 23.2 Å². The van der Waals surface area contributed by atoms with Gasteiger partial charge in [-0.1, -0.05) is 24.3 Å². The fourth-order valence-electron chi connectivity index (χ4n) is 1.50. The highest BCUT2D eigenvalue weighted by atomic mass is 35.5. The molecule has 0 aromatic heterocycles. The highest BCUT2D eigenvalue weighted by molar-refractivity contribution is 6.39. The minimum absolute atomic E-state index is 0.252. The topological polar surface area (TPSA) is 54.4 Å². The fourth-order valence-corrected chi connectivity index (χ4v) is 1.73. The maximum absolute atomic E-state index is 11.5. The minimum atomic E-state index is -1.42. The number of aliphatic hydroxyl groups excluding tert-OH is 1. The average molecular weight is 211 g/mol. The van der Waals surface area contributed by atoms with Crippen molar-refractivity contribution in [2.24, 2.45) is 0 Å². The molecule has 0 unspecified atom stereocenters. The molecule has 3 nitrogen and oxygen atoms in total. The maximum Gasteiger partial charge on any atom is 0.194 e. The van der Waals surface area contributed by atoms with Crippen molar-refractivity contribution in [1.29, 1.82) is 0 Å². The first-order valence-electron chi connectivity index (χ1n) is 4.12. The second-order valence-electron chi connectivity index (χ2n) is 3.12. The molecule has 0 saturated heterocycles. The van der Waals surface area contributed by atoms with Gasteiger partial charge in [0.25, 0.3) is 0 Å². The molecule has 0 radical (unpaired) electrons. The summed E-state index contributed by atoms with van der Waals surface area (Å²) < 4.78 is 0.